The number of aryl methyl sites for hydroxylation is 2. The summed E-state index contributed by atoms with van der Waals surface area (Å²) < 4.78 is 5.15. The third kappa shape index (κ3) is 2.59. The average Bonchev–Trinajstić information content (AvgIpc) is 2.20. The fraction of sp³-hybridized carbons (Fsp3) is 0.417. The first-order chi connectivity index (χ1) is 6.67. The molecule has 0 aliphatic rings. The van der Waals surface area contributed by atoms with Crippen molar-refractivity contribution in [3.05, 3.63) is 29.3 Å². The molecule has 2 heteroatoms. The molecule has 0 heterocycles. The zero-order chi connectivity index (χ0) is 10.6. The molecule has 0 aliphatic carbocycles. The number of rotatable bonds is 3. The summed E-state index contributed by atoms with van der Waals surface area (Å²) in [6.07, 6.45) is 1.41. The standard InChI is InChI=1S/C12H16O2/c1-4-10-6-7-11(9(3)8-10)14-12(13)5-2/h6-8H,4-5H2,1-3H3. The van der Waals surface area contributed by atoms with Gasteiger partial charge in [0.2, 0.25) is 0 Å². The van der Waals surface area contributed by atoms with Crippen LogP contribution in [0.1, 0.15) is 31.4 Å². The van der Waals surface area contributed by atoms with E-state index in [2.05, 4.69) is 13.0 Å². The molecule has 1 rings (SSSR count). The Morgan fingerprint density at radius 3 is 2.57 bits per heavy atom. The first kappa shape index (κ1) is 10.8. The highest BCUT2D eigenvalue weighted by Gasteiger charge is 2.04. The van der Waals surface area contributed by atoms with E-state index < -0.39 is 0 Å². The molecular weight excluding hydrogens is 176 g/mol. The Hall–Kier alpha value is -1.31. The summed E-state index contributed by atoms with van der Waals surface area (Å²) in [6.45, 7) is 5.85. The van der Waals surface area contributed by atoms with E-state index in [0.717, 1.165) is 12.0 Å². The van der Waals surface area contributed by atoms with Gasteiger partial charge in [-0.15, -0.1) is 0 Å². The highest BCUT2D eigenvalue weighted by atomic mass is 16.5. The van der Waals surface area contributed by atoms with E-state index in [9.17, 15) is 4.79 Å². The summed E-state index contributed by atoms with van der Waals surface area (Å²) in [5, 5.41) is 0. The van der Waals surface area contributed by atoms with Gasteiger partial charge in [0.15, 0.2) is 0 Å². The molecule has 76 valence electrons. The predicted octanol–water partition coefficient (Wildman–Crippen LogP) is 2.87. The second kappa shape index (κ2) is 4.80. The molecule has 0 radical (unpaired) electrons. The molecule has 0 N–H and O–H groups in total. The number of esters is 1. The molecule has 2 nitrogen and oxygen atoms in total. The van der Waals surface area contributed by atoms with Crippen molar-refractivity contribution < 1.29 is 9.53 Å². The van der Waals surface area contributed by atoms with Crippen LogP contribution < -0.4 is 4.74 Å². The van der Waals surface area contributed by atoms with Gasteiger partial charge in [-0.05, 0) is 30.5 Å². The van der Waals surface area contributed by atoms with Crippen molar-refractivity contribution in [1.82, 2.24) is 0 Å². The van der Waals surface area contributed by atoms with Crippen molar-refractivity contribution in [3.8, 4) is 5.75 Å². The van der Waals surface area contributed by atoms with Crippen molar-refractivity contribution in [2.75, 3.05) is 0 Å². The second-order valence-corrected chi connectivity index (χ2v) is 3.28. The van der Waals surface area contributed by atoms with E-state index in [-0.39, 0.29) is 5.97 Å². The Balaban J connectivity index is 2.83. The molecule has 0 amide bonds. The van der Waals surface area contributed by atoms with E-state index in [1.807, 2.05) is 19.1 Å². The first-order valence-corrected chi connectivity index (χ1v) is 4.97. The highest BCUT2D eigenvalue weighted by molar-refractivity contribution is 5.72. The molecule has 0 fully saturated rings. The third-order valence-electron chi connectivity index (χ3n) is 2.16. The van der Waals surface area contributed by atoms with Crippen molar-refractivity contribution in [2.24, 2.45) is 0 Å². The van der Waals surface area contributed by atoms with Gasteiger partial charge in [-0.2, -0.15) is 0 Å². The normalized spacial score (nSPS) is 9.93. The number of hydrogen-bond donors (Lipinski definition) is 0. The molecule has 0 saturated carbocycles. The molecule has 0 spiro atoms. The van der Waals surface area contributed by atoms with Crippen LogP contribution in [-0.4, -0.2) is 5.97 Å². The molecule has 1 aromatic rings. The Labute approximate surface area is 84.9 Å². The highest BCUT2D eigenvalue weighted by Crippen LogP contribution is 2.19. The van der Waals surface area contributed by atoms with Gasteiger partial charge in [-0.25, -0.2) is 0 Å². The maximum absolute atomic E-state index is 11.1. The van der Waals surface area contributed by atoms with Gasteiger partial charge < -0.3 is 4.74 Å². The van der Waals surface area contributed by atoms with Crippen LogP contribution >= 0.6 is 0 Å². The fourth-order valence-corrected chi connectivity index (χ4v) is 1.24. The Morgan fingerprint density at radius 2 is 2.07 bits per heavy atom. The van der Waals surface area contributed by atoms with Gasteiger partial charge in [-0.1, -0.05) is 26.0 Å². The molecule has 0 unspecified atom stereocenters. The largest absolute Gasteiger partial charge is 0.426 e. The lowest BCUT2D eigenvalue weighted by Crippen LogP contribution is -2.06. The van der Waals surface area contributed by atoms with E-state index in [1.54, 1.807) is 6.92 Å². The van der Waals surface area contributed by atoms with Gasteiger partial charge in [-0.3, -0.25) is 4.79 Å². The predicted molar refractivity (Wildman–Crippen MR) is 56.5 cm³/mol. The Bertz CT molecular complexity index is 329. The number of benzene rings is 1. The van der Waals surface area contributed by atoms with Crippen molar-refractivity contribution in [2.45, 2.75) is 33.6 Å². The van der Waals surface area contributed by atoms with E-state index >= 15 is 0 Å². The first-order valence-electron chi connectivity index (χ1n) is 4.97. The lowest BCUT2D eigenvalue weighted by Gasteiger charge is -2.07. The zero-order valence-corrected chi connectivity index (χ0v) is 8.96. The molecule has 0 atom stereocenters. The number of carbonyl (C=O) groups is 1. The Kier molecular flexibility index (Phi) is 3.69. The fourth-order valence-electron chi connectivity index (χ4n) is 1.24. The number of hydrogen-bond acceptors (Lipinski definition) is 2. The zero-order valence-electron chi connectivity index (χ0n) is 8.96. The molecule has 0 aliphatic heterocycles. The topological polar surface area (TPSA) is 26.3 Å². The smallest absolute Gasteiger partial charge is 0.310 e. The van der Waals surface area contributed by atoms with Gasteiger partial charge in [0.25, 0.3) is 0 Å². The van der Waals surface area contributed by atoms with Gasteiger partial charge in [0.05, 0.1) is 0 Å². The molecular formula is C12H16O2. The summed E-state index contributed by atoms with van der Waals surface area (Å²) in [5.74, 6) is 0.492. The van der Waals surface area contributed by atoms with Crippen LogP contribution in [0, 0.1) is 6.92 Å². The number of ether oxygens (including phenoxy) is 1. The van der Waals surface area contributed by atoms with Crippen LogP contribution in [-0.2, 0) is 11.2 Å². The van der Waals surface area contributed by atoms with E-state index in [4.69, 9.17) is 4.74 Å². The van der Waals surface area contributed by atoms with Gasteiger partial charge in [0.1, 0.15) is 5.75 Å². The molecule has 14 heavy (non-hydrogen) atoms. The summed E-state index contributed by atoms with van der Waals surface area (Å²) in [7, 11) is 0. The van der Waals surface area contributed by atoms with Crippen LogP contribution in [0.5, 0.6) is 5.75 Å². The quantitative estimate of drug-likeness (QED) is 0.543. The average molecular weight is 192 g/mol. The number of carbonyl (C=O) groups excluding carboxylic acids is 1. The summed E-state index contributed by atoms with van der Waals surface area (Å²) in [6, 6.07) is 5.91. The summed E-state index contributed by atoms with van der Waals surface area (Å²) >= 11 is 0. The minimum atomic E-state index is -0.183. The maximum Gasteiger partial charge on any atom is 0.310 e. The molecule has 1 aromatic carbocycles. The third-order valence-corrected chi connectivity index (χ3v) is 2.16. The molecule has 0 bridgehead atoms. The SMILES string of the molecule is CCC(=O)Oc1ccc(CC)cc1C. The van der Waals surface area contributed by atoms with Gasteiger partial charge >= 0.3 is 5.97 Å². The lowest BCUT2D eigenvalue weighted by molar-refractivity contribution is -0.134. The summed E-state index contributed by atoms with van der Waals surface area (Å²) in [4.78, 5) is 11.1. The van der Waals surface area contributed by atoms with E-state index in [0.29, 0.717) is 12.2 Å². The second-order valence-electron chi connectivity index (χ2n) is 3.28. The van der Waals surface area contributed by atoms with Crippen molar-refractivity contribution in [1.29, 1.82) is 0 Å². The van der Waals surface area contributed by atoms with E-state index in [1.165, 1.54) is 5.56 Å². The minimum absolute atomic E-state index is 0.183. The lowest BCUT2D eigenvalue weighted by atomic mass is 10.1. The molecule has 0 aromatic heterocycles. The van der Waals surface area contributed by atoms with Crippen LogP contribution in [0.2, 0.25) is 0 Å². The minimum Gasteiger partial charge on any atom is -0.426 e. The van der Waals surface area contributed by atoms with Crippen LogP contribution in [0.3, 0.4) is 0 Å². The maximum atomic E-state index is 11.1. The van der Waals surface area contributed by atoms with Crippen LogP contribution in [0.15, 0.2) is 18.2 Å². The molecule has 0 saturated heterocycles. The Morgan fingerprint density at radius 1 is 1.36 bits per heavy atom. The monoisotopic (exact) mass is 192 g/mol. The van der Waals surface area contributed by atoms with Crippen LogP contribution in [0.25, 0.3) is 0 Å². The van der Waals surface area contributed by atoms with Crippen molar-refractivity contribution >= 4 is 5.97 Å². The summed E-state index contributed by atoms with van der Waals surface area (Å²) in [5.41, 5.74) is 2.28. The van der Waals surface area contributed by atoms with Gasteiger partial charge in [0, 0.05) is 6.42 Å². The van der Waals surface area contributed by atoms with Crippen molar-refractivity contribution in [3.63, 3.8) is 0 Å². The van der Waals surface area contributed by atoms with Crippen LogP contribution in [0.4, 0.5) is 0 Å².